The Bertz CT molecular complexity index is 1240. The summed E-state index contributed by atoms with van der Waals surface area (Å²) < 4.78 is 5.44. The minimum atomic E-state index is 0.634. The lowest BCUT2D eigenvalue weighted by Gasteiger charge is -2.29. The van der Waals surface area contributed by atoms with Crippen molar-refractivity contribution in [3.8, 4) is 22.6 Å². The van der Waals surface area contributed by atoms with Gasteiger partial charge in [-0.3, -0.25) is 0 Å². The molecule has 1 aromatic heterocycles. The number of ether oxygens (including phenoxy) is 1. The van der Waals surface area contributed by atoms with Gasteiger partial charge in [-0.05, 0) is 35.9 Å². The van der Waals surface area contributed by atoms with E-state index in [0.717, 1.165) is 65.9 Å². The van der Waals surface area contributed by atoms with E-state index < -0.39 is 0 Å². The first-order chi connectivity index (χ1) is 16.2. The number of imidazole rings is 1. The maximum Gasteiger partial charge on any atom is 0.139 e. The Morgan fingerprint density at radius 3 is 2.52 bits per heavy atom. The third-order valence-electron chi connectivity index (χ3n) is 5.76. The number of nitrogens with zero attached hydrogens (tertiary/aromatic N) is 2. The van der Waals surface area contributed by atoms with Gasteiger partial charge in [-0.15, -0.1) is 0 Å². The van der Waals surface area contributed by atoms with Gasteiger partial charge in [0.1, 0.15) is 5.82 Å². The van der Waals surface area contributed by atoms with Crippen LogP contribution in [0.4, 0.5) is 11.4 Å². The monoisotopic (exact) mass is 456 g/mol. The number of anilines is 2. The van der Waals surface area contributed by atoms with Crippen molar-refractivity contribution < 1.29 is 4.74 Å². The highest BCUT2D eigenvalue weighted by Gasteiger charge is 2.13. The van der Waals surface area contributed by atoms with Gasteiger partial charge in [0.05, 0.1) is 23.9 Å². The highest BCUT2D eigenvalue weighted by Crippen LogP contribution is 2.31. The smallest absolute Gasteiger partial charge is 0.139 e. The molecule has 1 fully saturated rings. The van der Waals surface area contributed by atoms with E-state index in [1.54, 1.807) is 0 Å². The number of rotatable bonds is 6. The molecule has 166 valence electrons. The maximum absolute atomic E-state index is 6.51. The Kier molecular flexibility index (Phi) is 6.15. The van der Waals surface area contributed by atoms with Crippen molar-refractivity contribution in [3.63, 3.8) is 0 Å². The molecule has 6 heteroatoms. The number of benzene rings is 3. The molecular formula is C27H25ClN4O. The first-order valence-electron chi connectivity index (χ1n) is 11.0. The van der Waals surface area contributed by atoms with E-state index >= 15 is 0 Å². The molecule has 5 rings (SSSR count). The average Bonchev–Trinajstić information content (AvgIpc) is 3.36. The van der Waals surface area contributed by atoms with Crippen LogP contribution in [0, 0.1) is 0 Å². The van der Waals surface area contributed by atoms with E-state index in [1.165, 1.54) is 5.69 Å². The molecule has 0 unspecified atom stereocenters. The predicted octanol–water partition coefficient (Wildman–Crippen LogP) is 6.32. The van der Waals surface area contributed by atoms with Crippen LogP contribution in [0.3, 0.4) is 0 Å². The van der Waals surface area contributed by atoms with Gasteiger partial charge >= 0.3 is 0 Å². The van der Waals surface area contributed by atoms with Crippen molar-refractivity contribution in [2.45, 2.75) is 0 Å². The van der Waals surface area contributed by atoms with E-state index in [9.17, 15) is 0 Å². The lowest BCUT2D eigenvalue weighted by Crippen LogP contribution is -2.36. The summed E-state index contributed by atoms with van der Waals surface area (Å²) in [7, 11) is 0. The standard InChI is InChI=1S/C27H25ClN4O/c1-19(20-7-10-23(11-8-20)32-13-15-33-16-14-32)30-22-9-12-25(28)24(17-22)27-29-18-26(31-27)21-5-3-2-4-6-21/h2-12,17-18,30H,1,13-16H2,(H,29,31). The van der Waals surface area contributed by atoms with Crippen molar-refractivity contribution in [2.24, 2.45) is 0 Å². The third kappa shape index (κ3) is 4.80. The molecule has 5 nitrogen and oxygen atoms in total. The van der Waals surface area contributed by atoms with Crippen LogP contribution in [0.1, 0.15) is 5.56 Å². The normalized spacial score (nSPS) is 13.7. The molecule has 1 saturated heterocycles. The lowest BCUT2D eigenvalue weighted by molar-refractivity contribution is 0.122. The van der Waals surface area contributed by atoms with E-state index in [0.29, 0.717) is 5.02 Å². The summed E-state index contributed by atoms with van der Waals surface area (Å²) in [5.74, 6) is 0.725. The molecule has 0 atom stereocenters. The molecule has 33 heavy (non-hydrogen) atoms. The van der Waals surface area contributed by atoms with Crippen LogP contribution in [0.25, 0.3) is 28.3 Å². The zero-order valence-electron chi connectivity index (χ0n) is 18.2. The van der Waals surface area contributed by atoms with Gasteiger partial charge in [0, 0.05) is 47.5 Å². The quantitative estimate of drug-likeness (QED) is 0.356. The predicted molar refractivity (Wildman–Crippen MR) is 137 cm³/mol. The third-order valence-corrected chi connectivity index (χ3v) is 6.09. The lowest BCUT2D eigenvalue weighted by atomic mass is 10.1. The number of halogens is 1. The SMILES string of the molecule is C=C(Nc1ccc(Cl)c(-c2nc(-c3ccccc3)c[nH]2)c1)c1ccc(N2CCOCC2)cc1. The second-order valence-electron chi connectivity index (χ2n) is 7.94. The fraction of sp³-hybridized carbons (Fsp3) is 0.148. The zero-order chi connectivity index (χ0) is 22.6. The summed E-state index contributed by atoms with van der Waals surface area (Å²) in [4.78, 5) is 10.3. The summed E-state index contributed by atoms with van der Waals surface area (Å²) in [6, 6.07) is 24.3. The molecule has 0 spiro atoms. The van der Waals surface area contributed by atoms with Gasteiger partial charge in [-0.1, -0.05) is 60.6 Å². The zero-order valence-corrected chi connectivity index (χ0v) is 19.0. The second kappa shape index (κ2) is 9.53. The number of aromatic amines is 1. The molecule has 3 aromatic carbocycles. The molecule has 4 aromatic rings. The number of aromatic nitrogens is 2. The van der Waals surface area contributed by atoms with Crippen molar-refractivity contribution in [3.05, 3.63) is 96.2 Å². The van der Waals surface area contributed by atoms with Crippen LogP contribution >= 0.6 is 11.6 Å². The molecule has 0 aliphatic carbocycles. The topological polar surface area (TPSA) is 53.2 Å². The average molecular weight is 457 g/mol. The molecule has 2 N–H and O–H groups in total. The van der Waals surface area contributed by atoms with E-state index in [1.807, 2.05) is 54.7 Å². The summed E-state index contributed by atoms with van der Waals surface area (Å²) in [6.07, 6.45) is 1.90. The van der Waals surface area contributed by atoms with Crippen LogP contribution in [-0.2, 0) is 4.74 Å². The Morgan fingerprint density at radius 2 is 1.76 bits per heavy atom. The Morgan fingerprint density at radius 1 is 1.00 bits per heavy atom. The maximum atomic E-state index is 6.51. The van der Waals surface area contributed by atoms with Crippen LogP contribution < -0.4 is 10.2 Å². The van der Waals surface area contributed by atoms with Crippen LogP contribution in [-0.4, -0.2) is 36.3 Å². The number of hydrogen-bond acceptors (Lipinski definition) is 4. The van der Waals surface area contributed by atoms with Crippen LogP contribution in [0.2, 0.25) is 5.02 Å². The second-order valence-corrected chi connectivity index (χ2v) is 8.35. The van der Waals surface area contributed by atoms with Gasteiger partial charge < -0.3 is 19.9 Å². The van der Waals surface area contributed by atoms with Crippen molar-refractivity contribution in [2.75, 3.05) is 36.5 Å². The van der Waals surface area contributed by atoms with Gasteiger partial charge in [0.25, 0.3) is 0 Å². The van der Waals surface area contributed by atoms with Gasteiger partial charge in [-0.2, -0.15) is 0 Å². The molecule has 0 radical (unpaired) electrons. The molecule has 0 saturated carbocycles. The summed E-state index contributed by atoms with van der Waals surface area (Å²) in [6.45, 7) is 7.62. The van der Waals surface area contributed by atoms with Gasteiger partial charge in [-0.25, -0.2) is 4.98 Å². The molecule has 2 heterocycles. The number of morpholine rings is 1. The van der Waals surface area contributed by atoms with Crippen molar-refractivity contribution in [1.82, 2.24) is 9.97 Å². The van der Waals surface area contributed by atoms with Gasteiger partial charge in [0.15, 0.2) is 0 Å². The fourth-order valence-electron chi connectivity index (χ4n) is 3.94. The molecular weight excluding hydrogens is 432 g/mol. The summed E-state index contributed by atoms with van der Waals surface area (Å²) >= 11 is 6.51. The Hall–Kier alpha value is -3.54. The summed E-state index contributed by atoms with van der Waals surface area (Å²) in [5.41, 5.74) is 6.72. The Labute approximate surface area is 198 Å². The van der Waals surface area contributed by atoms with E-state index in [-0.39, 0.29) is 0 Å². The van der Waals surface area contributed by atoms with E-state index in [2.05, 4.69) is 46.0 Å². The number of H-pyrrole nitrogens is 1. The largest absolute Gasteiger partial charge is 0.378 e. The molecule has 0 bridgehead atoms. The number of nitrogens with one attached hydrogen (secondary N) is 2. The first-order valence-corrected chi connectivity index (χ1v) is 11.3. The minimum absolute atomic E-state index is 0.634. The Balaban J connectivity index is 1.32. The van der Waals surface area contributed by atoms with E-state index in [4.69, 9.17) is 21.3 Å². The number of hydrogen-bond donors (Lipinski definition) is 2. The van der Waals surface area contributed by atoms with Crippen molar-refractivity contribution >= 4 is 28.7 Å². The highest BCUT2D eigenvalue weighted by molar-refractivity contribution is 6.33. The molecule has 1 aliphatic heterocycles. The minimum Gasteiger partial charge on any atom is -0.378 e. The van der Waals surface area contributed by atoms with Crippen molar-refractivity contribution in [1.29, 1.82) is 0 Å². The fourth-order valence-corrected chi connectivity index (χ4v) is 4.15. The highest BCUT2D eigenvalue weighted by atomic mass is 35.5. The van der Waals surface area contributed by atoms with Gasteiger partial charge in [0.2, 0.25) is 0 Å². The first kappa shape index (κ1) is 21.3. The summed E-state index contributed by atoms with van der Waals surface area (Å²) in [5, 5.41) is 4.04. The molecule has 1 aliphatic rings. The molecule has 0 amide bonds. The van der Waals surface area contributed by atoms with Crippen LogP contribution in [0.15, 0.2) is 85.6 Å². The van der Waals surface area contributed by atoms with Crippen LogP contribution in [0.5, 0.6) is 0 Å².